The quantitative estimate of drug-likeness (QED) is 0.350. The molecule has 7 heteroatoms. The van der Waals surface area contributed by atoms with Crippen LogP contribution in [0.25, 0.3) is 0 Å². The van der Waals surface area contributed by atoms with Gasteiger partial charge in [0.25, 0.3) is 0 Å². The molecule has 0 aromatic heterocycles. The first kappa shape index (κ1) is 26.6. The lowest BCUT2D eigenvalue weighted by atomic mass is 10.1. The van der Waals surface area contributed by atoms with Gasteiger partial charge in [0.15, 0.2) is 0 Å². The summed E-state index contributed by atoms with van der Waals surface area (Å²) in [4.78, 5) is 27.9. The van der Waals surface area contributed by atoms with E-state index in [1.807, 2.05) is 45.0 Å². The summed E-state index contributed by atoms with van der Waals surface area (Å²) in [5.74, 6) is 1.35. The lowest BCUT2D eigenvalue weighted by Gasteiger charge is -2.31. The van der Waals surface area contributed by atoms with E-state index in [1.54, 1.807) is 28.8 Å². The second-order valence-corrected chi connectivity index (χ2v) is 9.74. The van der Waals surface area contributed by atoms with Gasteiger partial charge < -0.3 is 10.2 Å². The van der Waals surface area contributed by atoms with Crippen LogP contribution >= 0.6 is 35.0 Å². The normalized spacial score (nSPS) is 12.8. The van der Waals surface area contributed by atoms with Crippen molar-refractivity contribution in [3.63, 3.8) is 0 Å². The van der Waals surface area contributed by atoms with Crippen molar-refractivity contribution in [2.75, 3.05) is 5.75 Å². The summed E-state index contributed by atoms with van der Waals surface area (Å²) in [7, 11) is 0. The fraction of sp³-hybridized carbons (Fsp3) is 0.440. The van der Waals surface area contributed by atoms with Crippen LogP contribution in [-0.2, 0) is 21.9 Å². The number of thioether (sulfide) groups is 1. The summed E-state index contributed by atoms with van der Waals surface area (Å²) < 4.78 is 0. The minimum atomic E-state index is -0.553. The summed E-state index contributed by atoms with van der Waals surface area (Å²) in [5.41, 5.74) is 2.00. The van der Waals surface area contributed by atoms with Gasteiger partial charge in [0, 0.05) is 40.6 Å². The Morgan fingerprint density at radius 1 is 1.06 bits per heavy atom. The Morgan fingerprint density at radius 2 is 1.78 bits per heavy atom. The van der Waals surface area contributed by atoms with Crippen molar-refractivity contribution in [1.29, 1.82) is 0 Å². The van der Waals surface area contributed by atoms with E-state index in [-0.39, 0.29) is 24.4 Å². The second kappa shape index (κ2) is 13.8. The van der Waals surface area contributed by atoms with Crippen molar-refractivity contribution in [3.05, 3.63) is 69.7 Å². The number of halogens is 2. The van der Waals surface area contributed by atoms with Gasteiger partial charge in [-0.15, -0.1) is 0 Å². The predicted molar refractivity (Wildman–Crippen MR) is 136 cm³/mol. The fourth-order valence-electron chi connectivity index (χ4n) is 3.26. The first-order valence-corrected chi connectivity index (χ1v) is 12.9. The number of nitrogens with one attached hydrogen (secondary N) is 1. The first-order chi connectivity index (χ1) is 15.3. The van der Waals surface area contributed by atoms with Crippen LogP contribution in [0.4, 0.5) is 0 Å². The molecule has 2 atom stereocenters. The summed E-state index contributed by atoms with van der Waals surface area (Å²) in [5, 5.41) is 4.05. The molecule has 0 aliphatic carbocycles. The molecule has 2 aromatic rings. The van der Waals surface area contributed by atoms with Crippen molar-refractivity contribution in [2.45, 2.75) is 64.4 Å². The Balaban J connectivity index is 2.11. The monoisotopic (exact) mass is 494 g/mol. The highest BCUT2D eigenvalue weighted by Crippen LogP contribution is 2.24. The molecule has 0 radical (unpaired) electrons. The number of amides is 2. The molecule has 0 aliphatic heterocycles. The predicted octanol–water partition coefficient (Wildman–Crippen LogP) is 6.34. The summed E-state index contributed by atoms with van der Waals surface area (Å²) in [6.07, 6.45) is 1.71. The van der Waals surface area contributed by atoms with Gasteiger partial charge >= 0.3 is 0 Å². The van der Waals surface area contributed by atoms with Crippen molar-refractivity contribution in [2.24, 2.45) is 0 Å². The average molecular weight is 496 g/mol. The molecule has 2 amide bonds. The molecule has 0 unspecified atom stereocenters. The van der Waals surface area contributed by atoms with Gasteiger partial charge in [0.2, 0.25) is 11.8 Å². The number of benzene rings is 2. The third-order valence-corrected chi connectivity index (χ3v) is 6.93. The molecule has 4 nitrogen and oxygen atoms in total. The Labute approximate surface area is 206 Å². The van der Waals surface area contributed by atoms with E-state index in [4.69, 9.17) is 23.2 Å². The van der Waals surface area contributed by atoms with Gasteiger partial charge in [-0.3, -0.25) is 9.59 Å². The van der Waals surface area contributed by atoms with Gasteiger partial charge in [0.1, 0.15) is 6.04 Å². The molecule has 0 aliphatic rings. The molecule has 0 bridgehead atoms. The number of rotatable bonds is 12. The van der Waals surface area contributed by atoms with Crippen LogP contribution in [-0.4, -0.2) is 34.6 Å². The van der Waals surface area contributed by atoms with Crippen LogP contribution < -0.4 is 5.32 Å². The minimum absolute atomic E-state index is 0.0500. The van der Waals surface area contributed by atoms with E-state index in [0.29, 0.717) is 28.6 Å². The van der Waals surface area contributed by atoms with E-state index in [9.17, 15) is 9.59 Å². The molecule has 1 N–H and O–H groups in total. The molecule has 0 saturated heterocycles. The maximum absolute atomic E-state index is 13.3. The summed E-state index contributed by atoms with van der Waals surface area (Å²) in [6, 6.07) is 14.9. The zero-order chi connectivity index (χ0) is 23.5. The van der Waals surface area contributed by atoms with E-state index < -0.39 is 6.04 Å². The van der Waals surface area contributed by atoms with Crippen LogP contribution in [0.5, 0.6) is 0 Å². The number of hydrogen-bond donors (Lipinski definition) is 1. The lowest BCUT2D eigenvalue weighted by molar-refractivity contribution is -0.141. The highest BCUT2D eigenvalue weighted by Gasteiger charge is 2.29. The van der Waals surface area contributed by atoms with Crippen LogP contribution in [0.1, 0.15) is 51.2 Å². The highest BCUT2D eigenvalue weighted by atomic mass is 35.5. The van der Waals surface area contributed by atoms with Crippen molar-refractivity contribution >= 4 is 46.8 Å². The van der Waals surface area contributed by atoms with E-state index in [0.717, 1.165) is 17.7 Å². The number of nitrogens with zero attached hydrogens (tertiary/aromatic N) is 1. The molecule has 174 valence electrons. The Bertz CT molecular complexity index is 880. The third kappa shape index (κ3) is 8.34. The lowest BCUT2D eigenvalue weighted by Crippen LogP contribution is -2.50. The van der Waals surface area contributed by atoms with Crippen molar-refractivity contribution in [1.82, 2.24) is 10.2 Å². The molecule has 0 fully saturated rings. The molecule has 0 saturated carbocycles. The topological polar surface area (TPSA) is 49.4 Å². The smallest absolute Gasteiger partial charge is 0.243 e. The SMILES string of the molecule is CC[C@H](C(=O)N[C@@H](C)CC)N(Cc1ccc(Cl)cc1Cl)C(=O)CCSCc1ccccc1. The fourth-order valence-corrected chi connectivity index (χ4v) is 4.62. The third-order valence-electron chi connectivity index (χ3n) is 5.31. The van der Waals surface area contributed by atoms with Gasteiger partial charge in [-0.2, -0.15) is 11.8 Å². The van der Waals surface area contributed by atoms with E-state index in [1.165, 1.54) is 5.56 Å². The van der Waals surface area contributed by atoms with Crippen LogP contribution in [0.2, 0.25) is 10.0 Å². The number of hydrogen-bond acceptors (Lipinski definition) is 3. The van der Waals surface area contributed by atoms with Gasteiger partial charge in [-0.05, 0) is 43.0 Å². The second-order valence-electron chi connectivity index (χ2n) is 7.79. The number of carbonyl (C=O) groups is 2. The van der Waals surface area contributed by atoms with Crippen molar-refractivity contribution < 1.29 is 9.59 Å². The van der Waals surface area contributed by atoms with Crippen LogP contribution in [0.3, 0.4) is 0 Å². The Morgan fingerprint density at radius 3 is 2.41 bits per heavy atom. The standard InChI is InChI=1S/C25H32Cl2N2O2S/c1-4-18(3)28-25(31)23(5-2)29(16-20-11-12-21(26)15-22(20)27)24(30)13-14-32-17-19-9-7-6-8-10-19/h6-12,15,18,23H,4-5,13-14,16-17H2,1-3H3,(H,28,31)/t18-,23+/m0/s1. The Hall–Kier alpha value is -1.69. The maximum Gasteiger partial charge on any atom is 0.243 e. The zero-order valence-corrected chi connectivity index (χ0v) is 21.3. The van der Waals surface area contributed by atoms with Gasteiger partial charge in [0.05, 0.1) is 0 Å². The molecule has 0 spiro atoms. The van der Waals surface area contributed by atoms with Crippen LogP contribution in [0, 0.1) is 0 Å². The molecular formula is C25H32Cl2N2O2S. The molecule has 0 heterocycles. The summed E-state index contributed by atoms with van der Waals surface area (Å²) >= 11 is 14.1. The van der Waals surface area contributed by atoms with Crippen LogP contribution in [0.15, 0.2) is 48.5 Å². The minimum Gasteiger partial charge on any atom is -0.352 e. The Kier molecular flexibility index (Phi) is 11.4. The number of carbonyl (C=O) groups excluding carboxylic acids is 2. The highest BCUT2D eigenvalue weighted by molar-refractivity contribution is 7.98. The first-order valence-electron chi connectivity index (χ1n) is 11.0. The largest absolute Gasteiger partial charge is 0.352 e. The average Bonchev–Trinajstić information content (AvgIpc) is 2.78. The molecule has 2 aromatic carbocycles. The maximum atomic E-state index is 13.3. The van der Waals surface area contributed by atoms with Gasteiger partial charge in [-0.25, -0.2) is 0 Å². The summed E-state index contributed by atoms with van der Waals surface area (Å²) in [6.45, 7) is 6.18. The zero-order valence-electron chi connectivity index (χ0n) is 18.9. The molecular weight excluding hydrogens is 463 g/mol. The molecule has 32 heavy (non-hydrogen) atoms. The molecule has 2 rings (SSSR count). The van der Waals surface area contributed by atoms with E-state index >= 15 is 0 Å². The van der Waals surface area contributed by atoms with E-state index in [2.05, 4.69) is 17.4 Å². The van der Waals surface area contributed by atoms with Gasteiger partial charge in [-0.1, -0.05) is 73.4 Å². The van der Waals surface area contributed by atoms with Crippen molar-refractivity contribution in [3.8, 4) is 0 Å².